The van der Waals surface area contributed by atoms with Gasteiger partial charge in [0, 0.05) is 24.5 Å². The van der Waals surface area contributed by atoms with E-state index in [2.05, 4.69) is 9.72 Å². The second-order valence-electron chi connectivity index (χ2n) is 3.73. The highest BCUT2D eigenvalue weighted by atomic mass is 16.7. The minimum absolute atomic E-state index is 0.0214. The van der Waals surface area contributed by atoms with Crippen molar-refractivity contribution in [3.05, 3.63) is 64.5 Å². The van der Waals surface area contributed by atoms with Crippen molar-refractivity contribution < 1.29 is 24.0 Å². The van der Waals surface area contributed by atoms with E-state index in [1.807, 2.05) is 0 Å². The van der Waals surface area contributed by atoms with Crippen LogP contribution in [0.15, 0.2) is 48.8 Å². The van der Waals surface area contributed by atoms with Gasteiger partial charge >= 0.3 is 12.1 Å². The van der Waals surface area contributed by atoms with E-state index in [4.69, 9.17) is 4.74 Å². The van der Waals surface area contributed by atoms with E-state index in [0.29, 0.717) is 0 Å². The maximum atomic E-state index is 11.5. The number of hydrogen-bond donors (Lipinski definition) is 0. The van der Waals surface area contributed by atoms with Crippen LogP contribution in [0.1, 0.15) is 10.4 Å². The molecule has 0 atom stereocenters. The van der Waals surface area contributed by atoms with Gasteiger partial charge in [0.25, 0.3) is 5.69 Å². The van der Waals surface area contributed by atoms with Gasteiger partial charge in [0.1, 0.15) is 5.75 Å². The average molecular weight is 288 g/mol. The molecule has 8 nitrogen and oxygen atoms in total. The lowest BCUT2D eigenvalue weighted by Crippen LogP contribution is -2.16. The number of ether oxygens (including phenoxy) is 2. The second kappa shape index (κ2) is 6.24. The fourth-order valence-corrected chi connectivity index (χ4v) is 1.38. The maximum absolute atomic E-state index is 11.5. The number of benzene rings is 1. The molecule has 0 aliphatic heterocycles. The zero-order chi connectivity index (χ0) is 15.2. The zero-order valence-electron chi connectivity index (χ0n) is 10.5. The van der Waals surface area contributed by atoms with Gasteiger partial charge < -0.3 is 9.47 Å². The number of esters is 1. The number of nitro benzene ring substituents is 1. The predicted octanol–water partition coefficient (Wildman–Crippen LogP) is 2.35. The number of aromatic nitrogens is 1. The third-order valence-corrected chi connectivity index (χ3v) is 2.34. The number of carbonyl (C=O) groups is 2. The highest BCUT2D eigenvalue weighted by Gasteiger charge is 2.15. The molecular formula is C13H8N2O6. The van der Waals surface area contributed by atoms with E-state index < -0.39 is 17.0 Å². The molecule has 0 amide bonds. The first-order chi connectivity index (χ1) is 10.1. The van der Waals surface area contributed by atoms with Crippen molar-refractivity contribution in [3.8, 4) is 5.75 Å². The Kier molecular flexibility index (Phi) is 4.20. The summed E-state index contributed by atoms with van der Waals surface area (Å²) in [6.07, 6.45) is 1.52. The third kappa shape index (κ3) is 3.83. The summed E-state index contributed by atoms with van der Waals surface area (Å²) in [5.74, 6) is -0.863. The van der Waals surface area contributed by atoms with Gasteiger partial charge in [0.15, 0.2) is 0 Å². The summed E-state index contributed by atoms with van der Waals surface area (Å²) in [6.45, 7) is 0. The molecule has 0 radical (unpaired) electrons. The molecule has 0 bridgehead atoms. The van der Waals surface area contributed by atoms with Crippen molar-refractivity contribution in [2.75, 3.05) is 0 Å². The summed E-state index contributed by atoms with van der Waals surface area (Å²) in [5, 5.41) is 10.5. The fraction of sp³-hybridized carbons (Fsp3) is 0. The van der Waals surface area contributed by atoms with Gasteiger partial charge in [-0.3, -0.25) is 15.1 Å². The van der Waals surface area contributed by atoms with Crippen molar-refractivity contribution >= 4 is 17.8 Å². The molecule has 21 heavy (non-hydrogen) atoms. The minimum atomic E-state index is -1.23. The maximum Gasteiger partial charge on any atom is 0.521 e. The Morgan fingerprint density at radius 2 is 1.67 bits per heavy atom. The lowest BCUT2D eigenvalue weighted by molar-refractivity contribution is -0.384. The van der Waals surface area contributed by atoms with Crippen LogP contribution in [0.5, 0.6) is 5.75 Å². The van der Waals surface area contributed by atoms with Crippen LogP contribution in [0.25, 0.3) is 0 Å². The van der Waals surface area contributed by atoms with Gasteiger partial charge in [-0.25, -0.2) is 9.59 Å². The first-order valence-corrected chi connectivity index (χ1v) is 5.65. The van der Waals surface area contributed by atoms with Crippen LogP contribution in [-0.2, 0) is 4.74 Å². The molecule has 2 aromatic rings. The molecule has 0 spiro atoms. The second-order valence-corrected chi connectivity index (χ2v) is 3.73. The van der Waals surface area contributed by atoms with E-state index in [1.54, 1.807) is 0 Å². The van der Waals surface area contributed by atoms with Crippen LogP contribution in [-0.4, -0.2) is 22.0 Å². The molecule has 0 aliphatic carbocycles. The van der Waals surface area contributed by atoms with Crippen LogP contribution >= 0.6 is 0 Å². The largest absolute Gasteiger partial charge is 0.521 e. The van der Waals surface area contributed by atoms with Crippen molar-refractivity contribution in [2.45, 2.75) is 0 Å². The normalized spacial score (nSPS) is 9.71. The van der Waals surface area contributed by atoms with Crippen molar-refractivity contribution in [1.29, 1.82) is 0 Å². The number of non-ortho nitro benzene ring substituents is 1. The molecular weight excluding hydrogens is 280 g/mol. The lowest BCUT2D eigenvalue weighted by atomic mass is 10.3. The van der Waals surface area contributed by atoms with Gasteiger partial charge in [-0.1, -0.05) is 0 Å². The van der Waals surface area contributed by atoms with E-state index in [0.717, 1.165) is 12.1 Å². The predicted molar refractivity (Wildman–Crippen MR) is 68.8 cm³/mol. The highest BCUT2D eigenvalue weighted by Crippen LogP contribution is 2.17. The molecule has 0 fully saturated rings. The molecule has 1 aromatic carbocycles. The summed E-state index contributed by atoms with van der Waals surface area (Å²) >= 11 is 0. The van der Waals surface area contributed by atoms with Crippen LogP contribution in [0, 0.1) is 10.1 Å². The Morgan fingerprint density at radius 3 is 2.24 bits per heavy atom. The molecule has 0 aliphatic rings. The number of carbonyl (C=O) groups excluding carboxylic acids is 2. The molecule has 0 unspecified atom stereocenters. The van der Waals surface area contributed by atoms with Crippen molar-refractivity contribution in [3.63, 3.8) is 0 Å². The topological polar surface area (TPSA) is 109 Å². The smallest absolute Gasteiger partial charge is 0.395 e. The van der Waals surface area contributed by atoms with E-state index in [1.165, 1.54) is 36.7 Å². The molecule has 0 saturated heterocycles. The molecule has 1 aromatic heterocycles. The number of nitrogens with zero attached hydrogens (tertiary/aromatic N) is 2. The first-order valence-electron chi connectivity index (χ1n) is 5.65. The number of rotatable bonds is 3. The first kappa shape index (κ1) is 14.1. The van der Waals surface area contributed by atoms with Crippen molar-refractivity contribution in [2.24, 2.45) is 0 Å². The summed E-state index contributed by atoms with van der Waals surface area (Å²) < 4.78 is 9.18. The SMILES string of the molecule is O=C(OC(=O)c1ccncc1)Oc1ccc([N+](=O)[O-])cc1. The van der Waals surface area contributed by atoms with Gasteiger partial charge in [0.05, 0.1) is 10.5 Å². The Labute approximate surface area is 118 Å². The monoisotopic (exact) mass is 288 g/mol. The molecule has 1 heterocycles. The Hall–Kier alpha value is -3.29. The zero-order valence-corrected chi connectivity index (χ0v) is 10.5. The third-order valence-electron chi connectivity index (χ3n) is 2.34. The van der Waals surface area contributed by atoms with Crippen LogP contribution in [0.3, 0.4) is 0 Å². The number of nitro groups is 1. The van der Waals surface area contributed by atoms with Gasteiger partial charge in [0.2, 0.25) is 0 Å². The fourth-order valence-electron chi connectivity index (χ4n) is 1.38. The van der Waals surface area contributed by atoms with Crippen LogP contribution < -0.4 is 4.74 Å². The summed E-state index contributed by atoms with van der Waals surface area (Å²) in [5.41, 5.74) is -0.00534. The van der Waals surface area contributed by atoms with Crippen LogP contribution in [0.2, 0.25) is 0 Å². The summed E-state index contributed by atoms with van der Waals surface area (Å²) in [4.78, 5) is 36.5. The van der Waals surface area contributed by atoms with E-state index >= 15 is 0 Å². The lowest BCUT2D eigenvalue weighted by Gasteiger charge is -2.04. The molecule has 106 valence electrons. The Balaban J connectivity index is 1.95. The summed E-state index contributed by atoms with van der Waals surface area (Å²) in [7, 11) is 0. The van der Waals surface area contributed by atoms with E-state index in [-0.39, 0.29) is 17.0 Å². The van der Waals surface area contributed by atoms with Gasteiger partial charge in [-0.2, -0.15) is 0 Å². The summed E-state index contributed by atoms with van der Waals surface area (Å²) in [6, 6.07) is 7.51. The van der Waals surface area contributed by atoms with E-state index in [9.17, 15) is 19.7 Å². The van der Waals surface area contributed by atoms with Gasteiger partial charge in [-0.05, 0) is 24.3 Å². The quantitative estimate of drug-likeness (QED) is 0.280. The molecule has 8 heteroatoms. The molecule has 0 N–H and O–H groups in total. The average Bonchev–Trinajstić information content (AvgIpc) is 2.48. The van der Waals surface area contributed by atoms with Gasteiger partial charge in [-0.15, -0.1) is 0 Å². The Morgan fingerprint density at radius 1 is 1.05 bits per heavy atom. The Bertz CT molecular complexity index is 669. The molecule has 0 saturated carbocycles. The number of pyridine rings is 1. The van der Waals surface area contributed by atoms with Crippen LogP contribution in [0.4, 0.5) is 10.5 Å². The standard InChI is InChI=1S/C13H8N2O6/c16-12(9-5-7-14-8-6-9)21-13(17)20-11-3-1-10(2-4-11)15(18)19/h1-8H. The van der Waals surface area contributed by atoms with Crippen molar-refractivity contribution in [1.82, 2.24) is 4.98 Å². The minimum Gasteiger partial charge on any atom is -0.395 e. The highest BCUT2D eigenvalue weighted by molar-refractivity contribution is 5.95. The molecule has 2 rings (SSSR count). The number of hydrogen-bond acceptors (Lipinski definition) is 7.